The quantitative estimate of drug-likeness (QED) is 0.842. The summed E-state index contributed by atoms with van der Waals surface area (Å²) in [5.74, 6) is 0.926. The molecule has 5 rings (SSSR count). The molecule has 7 nitrogen and oxygen atoms in total. The first kappa shape index (κ1) is 19.3. The smallest absolute Gasteiger partial charge is 0.255 e. The number of pyridine rings is 2. The fraction of sp³-hybridized carbons (Fsp3) is 0.522. The first-order chi connectivity index (χ1) is 14.6. The van der Waals surface area contributed by atoms with E-state index >= 15 is 0 Å². The Bertz CT molecular complexity index is 994. The van der Waals surface area contributed by atoms with E-state index in [4.69, 9.17) is 5.73 Å². The standard InChI is InChI=1S/C23H29N5O2/c24-21-7-5-17(11-25-21)22(29)27-12-16-10-19(15-27)20-6-4-18(23(30)28(20)13-16)14-26-8-2-1-3-9-26/h4-7,11,16,19H,1-3,8-10,12-15H2,(H2,24,25)/t16-,19+/m0/s1. The van der Waals surface area contributed by atoms with Crippen LogP contribution in [0.15, 0.2) is 35.3 Å². The molecule has 2 bridgehead atoms. The van der Waals surface area contributed by atoms with Gasteiger partial charge in [0, 0.05) is 49.6 Å². The maximum Gasteiger partial charge on any atom is 0.255 e. The van der Waals surface area contributed by atoms with Crippen LogP contribution in [-0.4, -0.2) is 51.4 Å². The molecule has 3 aliphatic heterocycles. The molecular weight excluding hydrogens is 378 g/mol. The Hall–Kier alpha value is -2.67. The van der Waals surface area contributed by atoms with Gasteiger partial charge in [-0.05, 0) is 56.5 Å². The summed E-state index contributed by atoms with van der Waals surface area (Å²) >= 11 is 0. The normalized spacial score (nSPS) is 23.8. The van der Waals surface area contributed by atoms with E-state index in [0.29, 0.717) is 36.9 Å². The lowest BCUT2D eigenvalue weighted by molar-refractivity contribution is 0.0593. The van der Waals surface area contributed by atoms with Gasteiger partial charge in [-0.15, -0.1) is 0 Å². The fourth-order valence-electron chi connectivity index (χ4n) is 5.35. The SMILES string of the molecule is Nc1ccc(C(=O)N2C[C@@H]3C[C@H](C2)c2ccc(CN4CCCCC4)c(=O)n2C3)cn1. The molecule has 2 aromatic heterocycles. The fourth-order valence-corrected chi connectivity index (χ4v) is 5.35. The van der Waals surface area contributed by atoms with E-state index in [-0.39, 0.29) is 17.4 Å². The summed E-state index contributed by atoms with van der Waals surface area (Å²) in [7, 11) is 0. The van der Waals surface area contributed by atoms with Crippen molar-refractivity contribution in [3.8, 4) is 0 Å². The van der Waals surface area contributed by atoms with Gasteiger partial charge in [-0.3, -0.25) is 14.5 Å². The Morgan fingerprint density at radius 2 is 1.90 bits per heavy atom. The Kier molecular flexibility index (Phi) is 5.06. The average molecular weight is 408 g/mol. The number of nitrogens with two attached hydrogens (primary N) is 1. The van der Waals surface area contributed by atoms with Gasteiger partial charge in [0.25, 0.3) is 11.5 Å². The third-order valence-corrected chi connectivity index (χ3v) is 6.85. The van der Waals surface area contributed by atoms with Crippen LogP contribution in [-0.2, 0) is 13.1 Å². The number of piperidine rings is 2. The van der Waals surface area contributed by atoms with Crippen LogP contribution in [0.4, 0.5) is 5.82 Å². The molecule has 0 saturated carbocycles. The molecule has 0 unspecified atom stereocenters. The van der Waals surface area contributed by atoms with Crippen LogP contribution < -0.4 is 11.3 Å². The summed E-state index contributed by atoms with van der Waals surface area (Å²) in [5.41, 5.74) is 8.36. The van der Waals surface area contributed by atoms with Crippen molar-refractivity contribution >= 4 is 11.7 Å². The van der Waals surface area contributed by atoms with Crippen molar-refractivity contribution in [2.75, 3.05) is 31.9 Å². The third-order valence-electron chi connectivity index (χ3n) is 6.85. The zero-order valence-corrected chi connectivity index (χ0v) is 17.3. The molecule has 2 N–H and O–H groups in total. The first-order valence-corrected chi connectivity index (χ1v) is 11.0. The molecule has 2 fully saturated rings. The lowest BCUT2D eigenvalue weighted by Crippen LogP contribution is -2.49. The number of rotatable bonds is 3. The summed E-state index contributed by atoms with van der Waals surface area (Å²) in [6, 6.07) is 7.55. The number of hydrogen-bond acceptors (Lipinski definition) is 5. The van der Waals surface area contributed by atoms with Crippen molar-refractivity contribution in [1.82, 2.24) is 19.4 Å². The van der Waals surface area contributed by atoms with Gasteiger partial charge in [0.1, 0.15) is 5.82 Å². The number of anilines is 1. The van der Waals surface area contributed by atoms with Gasteiger partial charge in [0.2, 0.25) is 0 Å². The number of hydrogen-bond donors (Lipinski definition) is 1. The molecule has 158 valence electrons. The second kappa shape index (κ2) is 7.87. The minimum Gasteiger partial charge on any atom is -0.384 e. The van der Waals surface area contributed by atoms with E-state index < -0.39 is 0 Å². The van der Waals surface area contributed by atoms with Crippen LogP contribution in [0.5, 0.6) is 0 Å². The monoisotopic (exact) mass is 407 g/mol. The van der Waals surface area contributed by atoms with Crippen LogP contribution in [0.3, 0.4) is 0 Å². The predicted octanol–water partition coefficient (Wildman–Crippen LogP) is 2.07. The van der Waals surface area contributed by atoms with Crippen LogP contribution in [0, 0.1) is 5.92 Å². The Balaban J connectivity index is 1.36. The maximum atomic E-state index is 13.2. The second-order valence-electron chi connectivity index (χ2n) is 9.02. The lowest BCUT2D eigenvalue weighted by Gasteiger charge is -2.43. The van der Waals surface area contributed by atoms with Gasteiger partial charge in [0.15, 0.2) is 0 Å². The van der Waals surface area contributed by atoms with Gasteiger partial charge in [-0.2, -0.15) is 0 Å². The summed E-state index contributed by atoms with van der Waals surface area (Å²) in [6.07, 6.45) is 6.33. The lowest BCUT2D eigenvalue weighted by atomic mass is 9.82. The predicted molar refractivity (Wildman–Crippen MR) is 115 cm³/mol. The summed E-state index contributed by atoms with van der Waals surface area (Å²) in [6.45, 7) is 4.95. The van der Waals surface area contributed by atoms with Crippen molar-refractivity contribution in [2.24, 2.45) is 5.92 Å². The molecule has 0 radical (unpaired) electrons. The molecule has 30 heavy (non-hydrogen) atoms. The average Bonchev–Trinajstić information content (AvgIpc) is 2.77. The number of amides is 1. The molecule has 2 aromatic rings. The van der Waals surface area contributed by atoms with Crippen molar-refractivity contribution in [1.29, 1.82) is 0 Å². The van der Waals surface area contributed by atoms with Crippen LogP contribution in [0.2, 0.25) is 0 Å². The molecule has 5 heterocycles. The number of fused-ring (bicyclic) bond motifs is 4. The Morgan fingerprint density at radius 3 is 2.67 bits per heavy atom. The van der Waals surface area contributed by atoms with E-state index in [1.807, 2.05) is 15.5 Å². The maximum absolute atomic E-state index is 13.2. The van der Waals surface area contributed by atoms with E-state index in [9.17, 15) is 9.59 Å². The number of nitrogens with zero attached hydrogens (tertiary/aromatic N) is 4. The molecule has 0 aliphatic carbocycles. The molecule has 0 spiro atoms. The van der Waals surface area contributed by atoms with Crippen molar-refractivity contribution in [3.05, 3.63) is 57.6 Å². The number of carbonyl (C=O) groups excluding carboxylic acids is 1. The Labute approximate surface area is 176 Å². The Morgan fingerprint density at radius 1 is 1.07 bits per heavy atom. The molecular formula is C23H29N5O2. The number of nitrogen functional groups attached to an aromatic ring is 1. The van der Waals surface area contributed by atoms with Crippen molar-refractivity contribution in [3.63, 3.8) is 0 Å². The number of likely N-dealkylation sites (tertiary alicyclic amines) is 2. The molecule has 2 atom stereocenters. The highest BCUT2D eigenvalue weighted by Gasteiger charge is 2.37. The van der Waals surface area contributed by atoms with Gasteiger partial charge in [-0.1, -0.05) is 12.5 Å². The molecule has 2 saturated heterocycles. The van der Waals surface area contributed by atoms with E-state index in [2.05, 4.69) is 16.0 Å². The zero-order chi connectivity index (χ0) is 20.7. The molecule has 0 aromatic carbocycles. The third kappa shape index (κ3) is 3.62. The second-order valence-corrected chi connectivity index (χ2v) is 9.02. The van der Waals surface area contributed by atoms with E-state index in [1.54, 1.807) is 18.3 Å². The van der Waals surface area contributed by atoms with Crippen LogP contribution in [0.25, 0.3) is 0 Å². The van der Waals surface area contributed by atoms with Crippen molar-refractivity contribution in [2.45, 2.75) is 44.7 Å². The zero-order valence-electron chi connectivity index (χ0n) is 17.3. The first-order valence-electron chi connectivity index (χ1n) is 11.0. The largest absolute Gasteiger partial charge is 0.384 e. The highest BCUT2D eigenvalue weighted by Crippen LogP contribution is 2.35. The van der Waals surface area contributed by atoms with E-state index in [0.717, 1.165) is 37.3 Å². The van der Waals surface area contributed by atoms with Crippen LogP contribution in [0.1, 0.15) is 53.2 Å². The summed E-state index contributed by atoms with van der Waals surface area (Å²) < 4.78 is 1.99. The molecule has 1 amide bonds. The minimum absolute atomic E-state index is 0.00489. The van der Waals surface area contributed by atoms with Gasteiger partial charge < -0.3 is 15.2 Å². The summed E-state index contributed by atoms with van der Waals surface area (Å²) in [4.78, 5) is 34.6. The highest BCUT2D eigenvalue weighted by molar-refractivity contribution is 5.94. The van der Waals surface area contributed by atoms with E-state index in [1.165, 1.54) is 19.3 Å². The van der Waals surface area contributed by atoms with Gasteiger partial charge >= 0.3 is 0 Å². The van der Waals surface area contributed by atoms with Crippen molar-refractivity contribution < 1.29 is 4.79 Å². The summed E-state index contributed by atoms with van der Waals surface area (Å²) in [5, 5.41) is 0. The minimum atomic E-state index is -0.00489. The molecule has 7 heteroatoms. The van der Waals surface area contributed by atoms with Gasteiger partial charge in [0.05, 0.1) is 5.56 Å². The molecule has 3 aliphatic rings. The number of aromatic nitrogens is 2. The topological polar surface area (TPSA) is 84.5 Å². The van der Waals surface area contributed by atoms with Gasteiger partial charge in [-0.25, -0.2) is 4.98 Å². The highest BCUT2D eigenvalue weighted by atomic mass is 16.2. The number of carbonyl (C=O) groups is 1. The van der Waals surface area contributed by atoms with Crippen LogP contribution >= 0.6 is 0 Å².